The Morgan fingerprint density at radius 1 is 1.41 bits per heavy atom. The van der Waals surface area contributed by atoms with Gasteiger partial charge in [-0.25, -0.2) is 0 Å². The number of nitrogens with one attached hydrogen (secondary N) is 2. The molecule has 0 aliphatic heterocycles. The minimum atomic E-state index is -0.152. The largest absolute Gasteiger partial charge is 0.398 e. The average Bonchev–Trinajstić information content (AvgIpc) is 2.85. The lowest BCUT2D eigenvalue weighted by Crippen LogP contribution is -2.10. The third kappa shape index (κ3) is 2.51. The molecule has 0 unspecified atom stereocenters. The monoisotopic (exact) mass is 245 g/mol. The second kappa shape index (κ2) is 4.80. The Balaban J connectivity index is 2.19. The molecule has 2 rings (SSSR count). The number of anilines is 2. The summed E-state index contributed by atoms with van der Waals surface area (Å²) in [5.41, 5.74) is 7.41. The van der Waals surface area contributed by atoms with E-state index in [-0.39, 0.29) is 5.91 Å². The zero-order valence-electron chi connectivity index (χ0n) is 8.94. The van der Waals surface area contributed by atoms with Gasteiger partial charge in [0.1, 0.15) is 0 Å². The van der Waals surface area contributed by atoms with E-state index in [0.29, 0.717) is 21.8 Å². The Hall–Kier alpha value is -2.14. The molecular formula is C12H11N3OS. The summed E-state index contributed by atoms with van der Waals surface area (Å²) in [4.78, 5) is 12.4. The summed E-state index contributed by atoms with van der Waals surface area (Å²) >= 11 is 1.38. The lowest BCUT2D eigenvalue weighted by atomic mass is 10.1. The highest BCUT2D eigenvalue weighted by molar-refractivity contribution is 7.12. The standard InChI is InChI=1S/C12H11N3OS/c13-7-8-6-9(3-4-10(8)14)15-12(16)11-2-1-5-17-11/h1-7,13H,14H2,(H,15,16). The van der Waals surface area contributed by atoms with E-state index in [1.807, 2.05) is 11.4 Å². The number of nitrogens with two attached hydrogens (primary N) is 1. The molecule has 0 fully saturated rings. The topological polar surface area (TPSA) is 79.0 Å². The summed E-state index contributed by atoms with van der Waals surface area (Å²) in [6, 6.07) is 8.65. The molecule has 1 aromatic carbocycles. The molecule has 0 radical (unpaired) electrons. The first-order chi connectivity index (χ1) is 8.20. The van der Waals surface area contributed by atoms with E-state index in [0.717, 1.165) is 6.21 Å². The van der Waals surface area contributed by atoms with Gasteiger partial charge in [0.15, 0.2) is 0 Å². The second-order valence-corrected chi connectivity index (χ2v) is 4.37. The molecule has 0 aliphatic rings. The van der Waals surface area contributed by atoms with Gasteiger partial charge in [-0.2, -0.15) is 0 Å². The lowest BCUT2D eigenvalue weighted by Gasteiger charge is -2.06. The van der Waals surface area contributed by atoms with Gasteiger partial charge in [0, 0.05) is 23.2 Å². The van der Waals surface area contributed by atoms with Crippen molar-refractivity contribution in [1.82, 2.24) is 0 Å². The van der Waals surface area contributed by atoms with Crippen LogP contribution in [-0.2, 0) is 0 Å². The molecule has 2 aromatic rings. The van der Waals surface area contributed by atoms with Crippen molar-refractivity contribution in [3.05, 3.63) is 46.2 Å². The molecule has 1 heterocycles. The maximum atomic E-state index is 11.8. The van der Waals surface area contributed by atoms with Crippen molar-refractivity contribution in [2.75, 3.05) is 11.1 Å². The fourth-order valence-electron chi connectivity index (χ4n) is 1.38. The molecule has 0 saturated carbocycles. The highest BCUT2D eigenvalue weighted by Gasteiger charge is 2.07. The number of hydrogen-bond acceptors (Lipinski definition) is 4. The van der Waals surface area contributed by atoms with Crippen LogP contribution in [0.2, 0.25) is 0 Å². The first kappa shape index (κ1) is 11.3. The SMILES string of the molecule is N=Cc1cc(NC(=O)c2cccs2)ccc1N. The fraction of sp³-hybridized carbons (Fsp3) is 0. The minimum Gasteiger partial charge on any atom is -0.398 e. The first-order valence-electron chi connectivity index (χ1n) is 4.95. The number of amides is 1. The number of carbonyl (C=O) groups is 1. The van der Waals surface area contributed by atoms with Gasteiger partial charge < -0.3 is 16.5 Å². The van der Waals surface area contributed by atoms with Crippen LogP contribution in [0, 0.1) is 5.41 Å². The summed E-state index contributed by atoms with van der Waals surface area (Å²) in [5.74, 6) is -0.152. The Labute approximate surface area is 103 Å². The lowest BCUT2D eigenvalue weighted by molar-refractivity contribution is 0.103. The van der Waals surface area contributed by atoms with Crippen LogP contribution in [0.4, 0.5) is 11.4 Å². The zero-order valence-corrected chi connectivity index (χ0v) is 9.75. The van der Waals surface area contributed by atoms with E-state index in [1.165, 1.54) is 11.3 Å². The predicted molar refractivity (Wildman–Crippen MR) is 71.0 cm³/mol. The van der Waals surface area contributed by atoms with Crippen molar-refractivity contribution in [3.63, 3.8) is 0 Å². The van der Waals surface area contributed by atoms with Crippen LogP contribution in [0.15, 0.2) is 35.7 Å². The van der Waals surface area contributed by atoms with Crippen molar-refractivity contribution in [2.24, 2.45) is 0 Å². The maximum absolute atomic E-state index is 11.8. The molecule has 86 valence electrons. The molecule has 0 spiro atoms. The summed E-state index contributed by atoms with van der Waals surface area (Å²) in [6.45, 7) is 0. The summed E-state index contributed by atoms with van der Waals surface area (Å²) in [5, 5.41) is 11.8. The highest BCUT2D eigenvalue weighted by Crippen LogP contribution is 2.18. The maximum Gasteiger partial charge on any atom is 0.265 e. The Morgan fingerprint density at radius 3 is 2.88 bits per heavy atom. The molecule has 4 nitrogen and oxygen atoms in total. The number of carbonyl (C=O) groups excluding carboxylic acids is 1. The minimum absolute atomic E-state index is 0.152. The Bertz CT molecular complexity index is 549. The van der Waals surface area contributed by atoms with E-state index >= 15 is 0 Å². The normalized spacial score (nSPS) is 9.88. The number of rotatable bonds is 3. The molecule has 1 amide bonds. The molecular weight excluding hydrogens is 234 g/mol. The van der Waals surface area contributed by atoms with Crippen LogP contribution in [0.5, 0.6) is 0 Å². The van der Waals surface area contributed by atoms with E-state index in [4.69, 9.17) is 11.1 Å². The number of nitrogen functional groups attached to an aromatic ring is 1. The summed E-state index contributed by atoms with van der Waals surface area (Å²) < 4.78 is 0. The van der Waals surface area contributed by atoms with Gasteiger partial charge >= 0.3 is 0 Å². The van der Waals surface area contributed by atoms with Gasteiger partial charge in [0.2, 0.25) is 0 Å². The van der Waals surface area contributed by atoms with Crippen molar-refractivity contribution in [2.45, 2.75) is 0 Å². The summed E-state index contributed by atoms with van der Waals surface area (Å²) in [6.07, 6.45) is 1.16. The molecule has 1 aromatic heterocycles. The van der Waals surface area contributed by atoms with Gasteiger partial charge in [-0.1, -0.05) is 6.07 Å². The third-order valence-electron chi connectivity index (χ3n) is 2.25. The highest BCUT2D eigenvalue weighted by atomic mass is 32.1. The van der Waals surface area contributed by atoms with Crippen LogP contribution in [0.3, 0.4) is 0 Å². The van der Waals surface area contributed by atoms with Gasteiger partial charge in [-0.15, -0.1) is 11.3 Å². The summed E-state index contributed by atoms with van der Waals surface area (Å²) in [7, 11) is 0. The predicted octanol–water partition coefficient (Wildman–Crippen LogP) is 2.58. The first-order valence-corrected chi connectivity index (χ1v) is 5.83. The van der Waals surface area contributed by atoms with Gasteiger partial charge in [-0.3, -0.25) is 4.79 Å². The number of benzene rings is 1. The number of thiophene rings is 1. The van der Waals surface area contributed by atoms with Gasteiger partial charge in [0.05, 0.1) is 4.88 Å². The van der Waals surface area contributed by atoms with E-state index < -0.39 is 0 Å². The quantitative estimate of drug-likeness (QED) is 0.574. The fourth-order valence-corrected chi connectivity index (χ4v) is 2.00. The van der Waals surface area contributed by atoms with Crippen molar-refractivity contribution < 1.29 is 4.79 Å². The average molecular weight is 245 g/mol. The number of hydrogen-bond donors (Lipinski definition) is 3. The van der Waals surface area contributed by atoms with Gasteiger partial charge in [0.25, 0.3) is 5.91 Å². The molecule has 0 atom stereocenters. The smallest absolute Gasteiger partial charge is 0.265 e. The van der Waals surface area contributed by atoms with Crippen molar-refractivity contribution in [3.8, 4) is 0 Å². The van der Waals surface area contributed by atoms with Crippen LogP contribution in [0.25, 0.3) is 0 Å². The van der Waals surface area contributed by atoms with Crippen LogP contribution < -0.4 is 11.1 Å². The molecule has 0 aliphatic carbocycles. The zero-order chi connectivity index (χ0) is 12.3. The molecule has 5 heteroatoms. The third-order valence-corrected chi connectivity index (χ3v) is 3.11. The van der Waals surface area contributed by atoms with E-state index in [2.05, 4.69) is 5.32 Å². The van der Waals surface area contributed by atoms with Crippen molar-refractivity contribution in [1.29, 1.82) is 5.41 Å². The van der Waals surface area contributed by atoms with Crippen LogP contribution in [-0.4, -0.2) is 12.1 Å². The molecule has 0 saturated heterocycles. The van der Waals surface area contributed by atoms with E-state index in [1.54, 1.807) is 24.3 Å². The molecule has 4 N–H and O–H groups in total. The van der Waals surface area contributed by atoms with Crippen LogP contribution in [0.1, 0.15) is 15.2 Å². The Morgan fingerprint density at radius 2 is 2.24 bits per heavy atom. The van der Waals surface area contributed by atoms with E-state index in [9.17, 15) is 4.79 Å². The Kier molecular flexibility index (Phi) is 3.20. The second-order valence-electron chi connectivity index (χ2n) is 3.42. The molecule has 17 heavy (non-hydrogen) atoms. The van der Waals surface area contributed by atoms with Gasteiger partial charge in [-0.05, 0) is 29.6 Å². The van der Waals surface area contributed by atoms with Crippen molar-refractivity contribution >= 4 is 34.8 Å². The van der Waals surface area contributed by atoms with Crippen LogP contribution >= 0.6 is 11.3 Å². The molecule has 0 bridgehead atoms.